The van der Waals surface area contributed by atoms with Gasteiger partial charge >= 0.3 is 0 Å². The zero-order valence-corrected chi connectivity index (χ0v) is 27.6. The van der Waals surface area contributed by atoms with Crippen LogP contribution in [0.2, 0.25) is 0 Å². The minimum absolute atomic E-state index is 0.0450. The fourth-order valence-corrected chi connectivity index (χ4v) is 5.98. The molecule has 2 aromatic heterocycles. The number of ether oxygens (including phenoxy) is 1. The van der Waals surface area contributed by atoms with Crippen LogP contribution in [0.4, 0.5) is 20.3 Å². The molecule has 0 aliphatic carbocycles. The quantitative estimate of drug-likeness (QED) is 0.209. The molecule has 2 amide bonds. The summed E-state index contributed by atoms with van der Waals surface area (Å²) in [6.45, 7) is 6.74. The maximum Gasteiger partial charge on any atom is 0.290 e. The Labute approximate surface area is 285 Å². The van der Waals surface area contributed by atoms with Crippen molar-refractivity contribution in [2.45, 2.75) is 44.9 Å². The van der Waals surface area contributed by atoms with Gasteiger partial charge in [0.25, 0.3) is 12.4 Å². The Morgan fingerprint density at radius 1 is 1.16 bits per heavy atom. The second-order valence-electron chi connectivity index (χ2n) is 12.3. The molecule has 3 atom stereocenters. The summed E-state index contributed by atoms with van der Waals surface area (Å²) in [7, 11) is 0. The molecule has 1 unspecified atom stereocenters. The topological polar surface area (TPSA) is 185 Å². The van der Waals surface area contributed by atoms with Crippen LogP contribution in [0.3, 0.4) is 0 Å². The van der Waals surface area contributed by atoms with Crippen molar-refractivity contribution in [1.82, 2.24) is 29.5 Å². The van der Waals surface area contributed by atoms with E-state index in [2.05, 4.69) is 20.6 Å². The number of hydrogen-bond donors (Lipinski definition) is 4. The SMILES string of the molecule is Cc1cc(Nc2nccn3c(-c4ccc(O[C@H](C)C#N)c(F)c4F)cnc23)ccc1C(=O)N1CCN(C(=O)C2C[C@](C)(O)CN2)CC1.O=CO. The number of fused-ring (bicyclic) bond motifs is 1. The Morgan fingerprint density at radius 3 is 2.50 bits per heavy atom. The second-order valence-corrected chi connectivity index (χ2v) is 12.3. The zero-order chi connectivity index (χ0) is 36.2. The van der Waals surface area contributed by atoms with Gasteiger partial charge in [-0.15, -0.1) is 0 Å². The summed E-state index contributed by atoms with van der Waals surface area (Å²) in [6.07, 6.45) is 3.90. The third-order valence-corrected chi connectivity index (χ3v) is 8.51. The van der Waals surface area contributed by atoms with E-state index >= 15 is 4.39 Å². The first-order chi connectivity index (χ1) is 23.9. The van der Waals surface area contributed by atoms with Crippen molar-refractivity contribution in [2.24, 2.45) is 0 Å². The van der Waals surface area contributed by atoms with Crippen molar-refractivity contribution in [3.8, 4) is 23.1 Å². The molecule has 262 valence electrons. The lowest BCUT2D eigenvalue weighted by Crippen LogP contribution is -2.54. The maximum absolute atomic E-state index is 15.1. The summed E-state index contributed by atoms with van der Waals surface area (Å²) in [5.74, 6) is -2.52. The number of β-amino-alcohol motifs (C(OH)–C–C–N with tert-alkyl or cyclic N) is 1. The van der Waals surface area contributed by atoms with E-state index in [9.17, 15) is 19.1 Å². The predicted octanol–water partition coefficient (Wildman–Crippen LogP) is 3.12. The van der Waals surface area contributed by atoms with Crippen molar-refractivity contribution in [2.75, 3.05) is 38.0 Å². The molecule has 2 fully saturated rings. The summed E-state index contributed by atoms with van der Waals surface area (Å²) in [5.41, 5.74) is 1.61. The molecule has 50 heavy (non-hydrogen) atoms. The molecular formula is C34H36F2N8O6. The Kier molecular flexibility index (Phi) is 10.6. The van der Waals surface area contributed by atoms with Crippen LogP contribution < -0.4 is 15.4 Å². The molecular weight excluding hydrogens is 654 g/mol. The number of carbonyl (C=O) groups is 3. The standard InChI is InChI=1S/C33H34F2N8O4.CH2O2/c1-19-14-21(4-5-22(19)31(44)41-10-12-42(13-11-41)32(45)24-15-33(3,46)18-39-24)40-29-30-38-17-25(43(30)9-8-37-29)23-6-7-26(28(35)27(23)34)47-20(2)16-36;2-1-3/h4-9,14,17,20,24,39,46H,10-13,15,18H2,1-3H3,(H,37,40);1H,(H,2,3)/t20-,24?,33+;/m1./s1. The molecule has 16 heteroatoms. The van der Waals surface area contributed by atoms with Gasteiger partial charge in [-0.25, -0.2) is 14.4 Å². The van der Waals surface area contributed by atoms with Gasteiger partial charge in [-0.2, -0.15) is 9.65 Å². The largest absolute Gasteiger partial charge is 0.483 e. The van der Waals surface area contributed by atoms with Gasteiger partial charge in [-0.05, 0) is 56.7 Å². The van der Waals surface area contributed by atoms with Crippen molar-refractivity contribution >= 4 is 35.4 Å². The van der Waals surface area contributed by atoms with Crippen molar-refractivity contribution < 1.29 is 38.1 Å². The number of benzene rings is 2. The van der Waals surface area contributed by atoms with E-state index in [0.717, 1.165) is 5.56 Å². The molecule has 4 N–H and O–H groups in total. The van der Waals surface area contributed by atoms with Crippen LogP contribution in [-0.2, 0) is 9.59 Å². The number of nitrogens with one attached hydrogen (secondary N) is 2. The molecule has 0 radical (unpaired) electrons. The summed E-state index contributed by atoms with van der Waals surface area (Å²) in [5, 5.41) is 32.3. The van der Waals surface area contributed by atoms with Gasteiger partial charge in [0.05, 0.1) is 23.5 Å². The van der Waals surface area contributed by atoms with Gasteiger partial charge in [0.15, 0.2) is 29.1 Å². The van der Waals surface area contributed by atoms with Crippen LogP contribution in [0.5, 0.6) is 5.75 Å². The predicted molar refractivity (Wildman–Crippen MR) is 177 cm³/mol. The number of hydrogen-bond acceptors (Lipinski definition) is 10. The lowest BCUT2D eigenvalue weighted by molar-refractivity contribution is -0.135. The Hall–Kier alpha value is -5.66. The number of aromatic nitrogens is 3. The number of aliphatic hydroxyl groups is 1. The first-order valence-corrected chi connectivity index (χ1v) is 15.7. The Morgan fingerprint density at radius 2 is 1.86 bits per heavy atom. The van der Waals surface area contributed by atoms with Crippen LogP contribution in [0.25, 0.3) is 16.9 Å². The molecule has 14 nitrogen and oxygen atoms in total. The van der Waals surface area contributed by atoms with Gasteiger partial charge in [0.1, 0.15) is 6.07 Å². The highest BCUT2D eigenvalue weighted by Gasteiger charge is 2.39. The highest BCUT2D eigenvalue weighted by molar-refractivity contribution is 5.96. The molecule has 2 aromatic carbocycles. The average molecular weight is 691 g/mol. The van der Waals surface area contributed by atoms with Gasteiger partial charge in [-0.3, -0.25) is 18.8 Å². The normalized spacial score (nSPS) is 19.3. The average Bonchev–Trinajstić information content (AvgIpc) is 3.70. The number of amides is 2. The fourth-order valence-electron chi connectivity index (χ4n) is 5.98. The maximum atomic E-state index is 15.1. The minimum Gasteiger partial charge on any atom is -0.483 e. The van der Waals surface area contributed by atoms with Gasteiger partial charge in [-0.1, -0.05) is 0 Å². The fraction of sp³-hybridized carbons (Fsp3) is 0.353. The smallest absolute Gasteiger partial charge is 0.290 e. The molecule has 4 heterocycles. The van der Waals surface area contributed by atoms with E-state index in [1.54, 1.807) is 39.5 Å². The highest BCUT2D eigenvalue weighted by Crippen LogP contribution is 2.32. The number of imidazole rings is 1. The highest BCUT2D eigenvalue weighted by atomic mass is 19.2. The number of nitriles is 1. The molecule has 2 saturated heterocycles. The van der Waals surface area contributed by atoms with E-state index in [1.807, 2.05) is 19.1 Å². The summed E-state index contributed by atoms with van der Waals surface area (Å²) >= 11 is 0. The van der Waals surface area contributed by atoms with E-state index in [1.165, 1.54) is 31.5 Å². The third-order valence-electron chi connectivity index (χ3n) is 8.51. The Bertz CT molecular complexity index is 1950. The molecule has 0 bridgehead atoms. The lowest BCUT2D eigenvalue weighted by atomic mass is 10.0. The van der Waals surface area contributed by atoms with Gasteiger partial charge in [0.2, 0.25) is 11.7 Å². The summed E-state index contributed by atoms with van der Waals surface area (Å²) < 4.78 is 36.6. The van der Waals surface area contributed by atoms with E-state index < -0.39 is 29.4 Å². The first kappa shape index (κ1) is 35.6. The Balaban J connectivity index is 0.00000156. The number of carbonyl (C=O) groups excluding carboxylic acids is 2. The van der Waals surface area contributed by atoms with Crippen molar-refractivity contribution in [3.05, 3.63) is 71.7 Å². The van der Waals surface area contributed by atoms with E-state index in [-0.39, 0.29) is 35.3 Å². The first-order valence-electron chi connectivity index (χ1n) is 15.7. The number of nitrogens with zero attached hydrogens (tertiary/aromatic N) is 6. The van der Waals surface area contributed by atoms with E-state index in [4.69, 9.17) is 19.9 Å². The van der Waals surface area contributed by atoms with Gasteiger partial charge in [0, 0.05) is 68.4 Å². The molecule has 4 aromatic rings. The number of aryl methyl sites for hydroxylation is 1. The number of anilines is 2. The van der Waals surface area contributed by atoms with Crippen LogP contribution in [0.1, 0.15) is 36.2 Å². The number of halogens is 2. The summed E-state index contributed by atoms with van der Waals surface area (Å²) in [4.78, 5) is 46.9. The minimum atomic E-state index is -1.20. The van der Waals surface area contributed by atoms with Crippen molar-refractivity contribution in [1.29, 1.82) is 5.26 Å². The molecule has 2 aliphatic rings. The zero-order valence-electron chi connectivity index (χ0n) is 27.6. The lowest BCUT2D eigenvalue weighted by Gasteiger charge is -2.36. The van der Waals surface area contributed by atoms with E-state index in [0.29, 0.717) is 61.9 Å². The van der Waals surface area contributed by atoms with Crippen LogP contribution in [0.15, 0.2) is 48.9 Å². The molecule has 0 spiro atoms. The monoisotopic (exact) mass is 690 g/mol. The molecule has 0 saturated carbocycles. The molecule has 6 rings (SSSR count). The number of piperazine rings is 1. The number of carboxylic acid groups (broad SMARTS) is 1. The van der Waals surface area contributed by atoms with Crippen LogP contribution in [0, 0.1) is 29.9 Å². The van der Waals surface area contributed by atoms with Crippen LogP contribution in [-0.4, -0.2) is 103 Å². The van der Waals surface area contributed by atoms with Gasteiger partial charge < -0.3 is 35.4 Å². The number of rotatable bonds is 7. The van der Waals surface area contributed by atoms with Crippen LogP contribution >= 0.6 is 0 Å². The third kappa shape index (κ3) is 7.48. The summed E-state index contributed by atoms with van der Waals surface area (Å²) in [6, 6.07) is 9.33. The van der Waals surface area contributed by atoms with Crippen molar-refractivity contribution in [3.63, 3.8) is 0 Å². The molecule has 2 aliphatic heterocycles. The second kappa shape index (κ2) is 14.8.